The van der Waals surface area contributed by atoms with Gasteiger partial charge in [0.15, 0.2) is 0 Å². The topological polar surface area (TPSA) is 83.0 Å². The molecule has 1 aromatic rings. The Kier molecular flexibility index (Phi) is 15.4. The van der Waals surface area contributed by atoms with E-state index >= 15 is 0 Å². The van der Waals surface area contributed by atoms with E-state index in [1.165, 1.54) is 13.5 Å². The lowest BCUT2D eigenvalue weighted by atomic mass is 10.1. The quantitative estimate of drug-likeness (QED) is 0.629. The summed E-state index contributed by atoms with van der Waals surface area (Å²) in [7, 11) is 1.27. The Hall–Kier alpha value is -2.83. The van der Waals surface area contributed by atoms with Crippen LogP contribution in [0.2, 0.25) is 0 Å². The first kappa shape index (κ1) is 28.2. The summed E-state index contributed by atoms with van der Waals surface area (Å²) in [4.78, 5) is 29.3. The molecule has 1 aliphatic heterocycles. The van der Waals surface area contributed by atoms with Crippen molar-refractivity contribution >= 4 is 24.4 Å². The maximum atomic E-state index is 12.4. The molecular formula is C24H40N4O3. The van der Waals surface area contributed by atoms with Crippen molar-refractivity contribution in [3.05, 3.63) is 42.1 Å². The number of carbonyl (C=O) groups excluding carboxylic acids is 2. The van der Waals surface area contributed by atoms with E-state index in [0.29, 0.717) is 19.0 Å². The number of nitrogens with zero attached hydrogens (tertiary/aromatic N) is 2. The summed E-state index contributed by atoms with van der Waals surface area (Å²) in [6, 6.07) is 9.90. The molecule has 2 atom stereocenters. The molecule has 174 valence electrons. The molecule has 2 amide bonds. The van der Waals surface area contributed by atoms with Gasteiger partial charge in [-0.2, -0.15) is 0 Å². The average molecular weight is 433 g/mol. The molecule has 31 heavy (non-hydrogen) atoms. The number of methoxy groups -OCH3 is 1. The lowest BCUT2D eigenvalue weighted by Gasteiger charge is -2.26. The zero-order valence-corrected chi connectivity index (χ0v) is 20.0. The molecule has 1 heterocycles. The number of likely N-dealkylation sites (tertiary alicyclic amines) is 1. The van der Waals surface area contributed by atoms with Crippen molar-refractivity contribution in [3.63, 3.8) is 0 Å². The van der Waals surface area contributed by atoms with Crippen molar-refractivity contribution in [1.29, 1.82) is 0 Å². The molecule has 2 unspecified atom stereocenters. The molecule has 2 rings (SSSR count). The van der Waals surface area contributed by atoms with Gasteiger partial charge in [-0.25, -0.2) is 4.79 Å². The zero-order chi connectivity index (χ0) is 23.6. The number of carbonyl (C=O) groups is 2. The second-order valence-electron chi connectivity index (χ2n) is 7.07. The fourth-order valence-electron chi connectivity index (χ4n) is 3.13. The number of aliphatic imine (C=N–C) groups is 1. The molecule has 1 saturated heterocycles. The van der Waals surface area contributed by atoms with Crippen molar-refractivity contribution in [2.24, 2.45) is 10.9 Å². The summed E-state index contributed by atoms with van der Waals surface area (Å²) in [6.45, 7) is 15.1. The maximum Gasteiger partial charge on any atom is 0.407 e. The fraction of sp³-hybridized carbons (Fsp3) is 0.542. The van der Waals surface area contributed by atoms with Gasteiger partial charge in [-0.05, 0) is 24.6 Å². The van der Waals surface area contributed by atoms with E-state index in [1.54, 1.807) is 6.20 Å². The third-order valence-electron chi connectivity index (χ3n) is 4.35. The minimum atomic E-state index is -0.605. The summed E-state index contributed by atoms with van der Waals surface area (Å²) in [5.74, 6) is 0.296. The van der Waals surface area contributed by atoms with E-state index in [-0.39, 0.29) is 18.5 Å². The first-order valence-electron chi connectivity index (χ1n) is 11.0. The SMILES string of the molecule is C=N/C=C(\NCC1CC(C)CN1C(=O)CNC(=O)OC)c1ccccc1.CC.CCC. The summed E-state index contributed by atoms with van der Waals surface area (Å²) < 4.78 is 4.51. The van der Waals surface area contributed by atoms with Crippen LogP contribution >= 0.6 is 0 Å². The zero-order valence-electron chi connectivity index (χ0n) is 20.0. The number of hydrogen-bond donors (Lipinski definition) is 2. The molecule has 0 radical (unpaired) electrons. The summed E-state index contributed by atoms with van der Waals surface area (Å²) in [5.41, 5.74) is 1.87. The van der Waals surface area contributed by atoms with Crippen LogP contribution in [0.5, 0.6) is 0 Å². The maximum absolute atomic E-state index is 12.4. The third-order valence-corrected chi connectivity index (χ3v) is 4.35. The van der Waals surface area contributed by atoms with Crippen molar-refractivity contribution in [2.75, 3.05) is 26.7 Å². The number of alkyl carbamates (subject to hydrolysis) is 1. The highest BCUT2D eigenvalue weighted by Gasteiger charge is 2.32. The normalized spacial score (nSPS) is 17.4. The van der Waals surface area contributed by atoms with Gasteiger partial charge < -0.3 is 20.3 Å². The Morgan fingerprint density at radius 3 is 2.39 bits per heavy atom. The molecule has 1 aliphatic rings. The van der Waals surface area contributed by atoms with Crippen molar-refractivity contribution in [1.82, 2.24) is 15.5 Å². The van der Waals surface area contributed by atoms with E-state index in [2.05, 4.69) is 47.9 Å². The first-order chi connectivity index (χ1) is 15.0. The largest absolute Gasteiger partial charge is 0.453 e. The molecule has 0 bridgehead atoms. The van der Waals surface area contributed by atoms with E-state index < -0.39 is 6.09 Å². The molecule has 7 heteroatoms. The fourth-order valence-corrected chi connectivity index (χ4v) is 3.13. The van der Waals surface area contributed by atoms with Gasteiger partial charge in [0.25, 0.3) is 0 Å². The van der Waals surface area contributed by atoms with Crippen LogP contribution in [0, 0.1) is 5.92 Å². The van der Waals surface area contributed by atoms with E-state index in [9.17, 15) is 9.59 Å². The monoisotopic (exact) mass is 432 g/mol. The van der Waals surface area contributed by atoms with Gasteiger partial charge in [0.1, 0.15) is 6.54 Å². The third kappa shape index (κ3) is 10.7. The van der Waals surface area contributed by atoms with Crippen LogP contribution in [0.1, 0.15) is 53.0 Å². The number of nitrogens with one attached hydrogen (secondary N) is 2. The molecule has 1 fully saturated rings. The van der Waals surface area contributed by atoms with Gasteiger partial charge in [0.05, 0.1) is 12.8 Å². The van der Waals surface area contributed by atoms with Crippen LogP contribution in [0.25, 0.3) is 5.70 Å². The summed E-state index contributed by atoms with van der Waals surface area (Å²) >= 11 is 0. The lowest BCUT2D eigenvalue weighted by molar-refractivity contribution is -0.131. The van der Waals surface area contributed by atoms with E-state index in [4.69, 9.17) is 0 Å². The lowest BCUT2D eigenvalue weighted by Crippen LogP contribution is -2.45. The van der Waals surface area contributed by atoms with Crippen LogP contribution in [-0.4, -0.2) is 56.4 Å². The second-order valence-corrected chi connectivity index (χ2v) is 7.07. The van der Waals surface area contributed by atoms with Crippen LogP contribution < -0.4 is 10.6 Å². The molecule has 0 spiro atoms. The predicted octanol–water partition coefficient (Wildman–Crippen LogP) is 4.31. The predicted molar refractivity (Wildman–Crippen MR) is 129 cm³/mol. The van der Waals surface area contributed by atoms with Gasteiger partial charge in [-0.1, -0.05) is 71.4 Å². The Labute approximate surface area is 188 Å². The first-order valence-corrected chi connectivity index (χ1v) is 11.0. The highest BCUT2D eigenvalue weighted by molar-refractivity contribution is 5.82. The minimum Gasteiger partial charge on any atom is -0.453 e. The standard InChI is InChI=1S/C19H26N4O3.C3H8.C2H6/c1-14-9-16(23(13-14)18(24)12-22-19(25)26-3)10-21-17(11-20-2)15-7-5-4-6-8-15;1-3-2;1-2/h4-8,11,14,16,21H,2,9-10,12-13H2,1,3H3,(H,22,25);3H2,1-2H3;1-2H3/b17-11-;;. The Bertz CT molecular complexity index is 677. The number of rotatable bonds is 7. The van der Waals surface area contributed by atoms with Crippen LogP contribution in [0.15, 0.2) is 41.5 Å². The van der Waals surface area contributed by atoms with Gasteiger partial charge in [-0.3, -0.25) is 9.79 Å². The van der Waals surface area contributed by atoms with E-state index in [1.807, 2.05) is 49.1 Å². The molecule has 2 N–H and O–H groups in total. The van der Waals surface area contributed by atoms with Gasteiger partial charge in [0, 0.05) is 25.3 Å². The Morgan fingerprint density at radius 2 is 1.84 bits per heavy atom. The molecule has 0 aliphatic carbocycles. The van der Waals surface area contributed by atoms with Crippen LogP contribution in [0.4, 0.5) is 4.79 Å². The van der Waals surface area contributed by atoms with Gasteiger partial charge >= 0.3 is 6.09 Å². The molecule has 1 aromatic carbocycles. The van der Waals surface area contributed by atoms with Crippen molar-refractivity contribution in [2.45, 2.75) is 53.5 Å². The van der Waals surface area contributed by atoms with Crippen LogP contribution in [0.3, 0.4) is 0 Å². The second kappa shape index (κ2) is 16.9. The molecular weight excluding hydrogens is 392 g/mol. The van der Waals surface area contributed by atoms with Crippen molar-refractivity contribution in [3.8, 4) is 0 Å². The highest BCUT2D eigenvalue weighted by atomic mass is 16.5. The van der Waals surface area contributed by atoms with Crippen molar-refractivity contribution < 1.29 is 14.3 Å². The van der Waals surface area contributed by atoms with Gasteiger partial charge in [0.2, 0.25) is 5.91 Å². The average Bonchev–Trinajstić information content (AvgIpc) is 3.17. The minimum absolute atomic E-state index is 0.0499. The number of ether oxygens (including phenoxy) is 1. The molecule has 0 aromatic heterocycles. The smallest absolute Gasteiger partial charge is 0.407 e. The van der Waals surface area contributed by atoms with E-state index in [0.717, 1.165) is 17.7 Å². The highest BCUT2D eigenvalue weighted by Crippen LogP contribution is 2.23. The number of benzene rings is 1. The Balaban J connectivity index is 0.00000165. The number of amides is 2. The number of hydrogen-bond acceptors (Lipinski definition) is 5. The summed E-state index contributed by atoms with van der Waals surface area (Å²) in [5, 5.41) is 5.83. The Morgan fingerprint density at radius 1 is 1.23 bits per heavy atom. The molecule has 7 nitrogen and oxygen atoms in total. The van der Waals surface area contributed by atoms with Crippen LogP contribution in [-0.2, 0) is 9.53 Å². The molecule has 0 saturated carbocycles. The van der Waals surface area contributed by atoms with Gasteiger partial charge in [-0.15, -0.1) is 0 Å². The summed E-state index contributed by atoms with van der Waals surface area (Å²) in [6.07, 6.45) is 3.23.